The first-order chi connectivity index (χ1) is 6.00. The molecule has 1 aromatic rings. The molecule has 0 aromatic heterocycles. The lowest BCUT2D eigenvalue weighted by molar-refractivity contribution is 0.470. The summed E-state index contributed by atoms with van der Waals surface area (Å²) >= 11 is 7.48. The third-order valence-corrected chi connectivity index (χ3v) is 2.03. The highest BCUT2D eigenvalue weighted by Gasteiger charge is 2.07. The van der Waals surface area contributed by atoms with Gasteiger partial charge in [0.1, 0.15) is 11.6 Å². The monoisotopic (exact) mass is 264 g/mol. The zero-order valence-electron chi connectivity index (χ0n) is 6.34. The van der Waals surface area contributed by atoms with Gasteiger partial charge in [0, 0.05) is 6.07 Å². The summed E-state index contributed by atoms with van der Waals surface area (Å²) in [5.41, 5.74) is 5.19. The van der Waals surface area contributed by atoms with Crippen molar-refractivity contribution in [2.45, 2.75) is 0 Å². The van der Waals surface area contributed by atoms with Gasteiger partial charge < -0.3 is 16.2 Å². The van der Waals surface area contributed by atoms with E-state index < -0.39 is 5.82 Å². The topological polar surface area (TPSA) is 58.3 Å². The van der Waals surface area contributed by atoms with E-state index in [0.717, 1.165) is 6.07 Å². The Morgan fingerprint density at radius 2 is 2.23 bits per heavy atom. The third kappa shape index (κ3) is 2.53. The second-order valence-corrected chi connectivity index (χ2v) is 3.57. The summed E-state index contributed by atoms with van der Waals surface area (Å²) in [4.78, 5) is 0. The van der Waals surface area contributed by atoms with E-state index in [2.05, 4.69) is 33.5 Å². The van der Waals surface area contributed by atoms with Gasteiger partial charge in [0.2, 0.25) is 0 Å². The second kappa shape index (κ2) is 3.89. The molecule has 3 nitrogen and oxygen atoms in total. The highest BCUT2D eigenvalue weighted by atomic mass is 79.9. The van der Waals surface area contributed by atoms with E-state index in [9.17, 15) is 9.50 Å². The molecule has 13 heavy (non-hydrogen) atoms. The lowest BCUT2D eigenvalue weighted by atomic mass is 10.3. The van der Waals surface area contributed by atoms with Gasteiger partial charge in [-0.2, -0.15) is 0 Å². The molecule has 0 saturated heterocycles. The summed E-state index contributed by atoms with van der Waals surface area (Å²) in [6.07, 6.45) is 0. The molecular formula is C7H6BrFN2OS. The molecule has 70 valence electrons. The number of halogens is 2. The van der Waals surface area contributed by atoms with Crippen LogP contribution in [0.15, 0.2) is 16.6 Å². The maximum Gasteiger partial charge on any atom is 0.168 e. The van der Waals surface area contributed by atoms with Crippen molar-refractivity contribution in [2.75, 3.05) is 5.32 Å². The minimum atomic E-state index is -0.544. The van der Waals surface area contributed by atoms with Gasteiger partial charge in [-0.1, -0.05) is 0 Å². The molecule has 4 N–H and O–H groups in total. The summed E-state index contributed by atoms with van der Waals surface area (Å²) in [5, 5.41) is 11.5. The smallest absolute Gasteiger partial charge is 0.168 e. The van der Waals surface area contributed by atoms with Crippen LogP contribution in [0.25, 0.3) is 0 Å². The van der Waals surface area contributed by atoms with E-state index >= 15 is 0 Å². The van der Waals surface area contributed by atoms with Gasteiger partial charge in [-0.05, 0) is 34.2 Å². The molecule has 0 fully saturated rings. The van der Waals surface area contributed by atoms with Crippen LogP contribution < -0.4 is 11.1 Å². The van der Waals surface area contributed by atoms with Crippen molar-refractivity contribution in [1.29, 1.82) is 0 Å². The molecule has 0 amide bonds. The molecule has 0 spiro atoms. The minimum Gasteiger partial charge on any atom is -0.507 e. The number of hydrogen-bond acceptors (Lipinski definition) is 2. The average Bonchev–Trinajstić information content (AvgIpc) is 1.99. The van der Waals surface area contributed by atoms with Gasteiger partial charge in [0.25, 0.3) is 0 Å². The van der Waals surface area contributed by atoms with E-state index in [1.54, 1.807) is 0 Å². The second-order valence-electron chi connectivity index (χ2n) is 2.27. The third-order valence-electron chi connectivity index (χ3n) is 1.29. The van der Waals surface area contributed by atoms with Gasteiger partial charge in [-0.3, -0.25) is 0 Å². The molecule has 0 saturated carbocycles. The highest BCUT2D eigenvalue weighted by Crippen LogP contribution is 2.29. The zero-order valence-corrected chi connectivity index (χ0v) is 8.75. The first kappa shape index (κ1) is 10.2. The van der Waals surface area contributed by atoms with Crippen LogP contribution in [0.3, 0.4) is 0 Å². The number of benzene rings is 1. The van der Waals surface area contributed by atoms with Gasteiger partial charge in [-0.15, -0.1) is 0 Å². The lowest BCUT2D eigenvalue weighted by Gasteiger charge is -2.06. The van der Waals surface area contributed by atoms with Gasteiger partial charge in [0.05, 0.1) is 10.2 Å². The minimum absolute atomic E-state index is 0.0493. The fourth-order valence-corrected chi connectivity index (χ4v) is 1.19. The van der Waals surface area contributed by atoms with E-state index in [0.29, 0.717) is 0 Å². The molecular weight excluding hydrogens is 259 g/mol. The maximum absolute atomic E-state index is 13.1. The number of rotatable bonds is 1. The van der Waals surface area contributed by atoms with Crippen molar-refractivity contribution in [2.24, 2.45) is 5.73 Å². The Morgan fingerprint density at radius 3 is 2.77 bits per heavy atom. The maximum atomic E-state index is 13.1. The van der Waals surface area contributed by atoms with Gasteiger partial charge >= 0.3 is 0 Å². The van der Waals surface area contributed by atoms with E-state index in [4.69, 9.17) is 5.73 Å². The van der Waals surface area contributed by atoms with Crippen LogP contribution in [0, 0.1) is 5.82 Å². The summed E-state index contributed by atoms with van der Waals surface area (Å²) in [5.74, 6) is -0.627. The molecule has 0 unspecified atom stereocenters. The Hall–Kier alpha value is -0.880. The van der Waals surface area contributed by atoms with E-state index in [-0.39, 0.29) is 21.0 Å². The van der Waals surface area contributed by atoms with Gasteiger partial charge in [-0.25, -0.2) is 4.39 Å². The fourth-order valence-electron chi connectivity index (χ4n) is 0.766. The molecule has 0 heterocycles. The predicted molar refractivity (Wildman–Crippen MR) is 56.2 cm³/mol. The molecule has 0 radical (unpaired) electrons. The van der Waals surface area contributed by atoms with Crippen molar-refractivity contribution >= 4 is 38.9 Å². The normalized spacial score (nSPS) is 9.69. The molecule has 6 heteroatoms. The molecule has 0 bridgehead atoms. The Bertz CT molecular complexity index is 359. The van der Waals surface area contributed by atoms with Crippen LogP contribution in [-0.4, -0.2) is 10.2 Å². The number of nitrogens with one attached hydrogen (secondary N) is 1. The predicted octanol–water partition coefficient (Wildman–Crippen LogP) is 1.95. The van der Waals surface area contributed by atoms with Crippen LogP contribution in [0.1, 0.15) is 0 Å². The van der Waals surface area contributed by atoms with Crippen LogP contribution in [0.2, 0.25) is 0 Å². The van der Waals surface area contributed by atoms with Crippen molar-refractivity contribution < 1.29 is 9.50 Å². The van der Waals surface area contributed by atoms with Crippen molar-refractivity contribution in [1.82, 2.24) is 0 Å². The van der Waals surface area contributed by atoms with Crippen molar-refractivity contribution in [3.8, 4) is 5.75 Å². The van der Waals surface area contributed by atoms with Crippen LogP contribution in [0.5, 0.6) is 5.75 Å². The number of anilines is 1. The number of aromatic hydroxyl groups is 1. The lowest BCUT2D eigenvalue weighted by Crippen LogP contribution is -2.19. The SMILES string of the molecule is NC(=S)Nc1cc(O)c(Br)cc1F. The molecule has 0 aliphatic carbocycles. The van der Waals surface area contributed by atoms with Crippen LogP contribution in [0.4, 0.5) is 10.1 Å². The largest absolute Gasteiger partial charge is 0.507 e. The number of phenolic OH excluding ortho intramolecular Hbond substituents is 1. The van der Waals surface area contributed by atoms with E-state index in [1.165, 1.54) is 6.07 Å². The zero-order chi connectivity index (χ0) is 10.0. The fraction of sp³-hybridized carbons (Fsp3) is 0. The standard InChI is InChI=1S/C7H6BrFN2OS/c8-3-1-4(9)5(2-6(3)12)11-7(10)13/h1-2,12H,(H3,10,11,13). The number of nitrogens with two attached hydrogens (primary N) is 1. The summed E-state index contributed by atoms with van der Waals surface area (Å²) in [6.45, 7) is 0. The molecule has 1 rings (SSSR count). The molecule has 0 atom stereocenters. The quantitative estimate of drug-likeness (QED) is 0.679. The summed E-state index contributed by atoms with van der Waals surface area (Å²) < 4.78 is 13.3. The molecule has 0 aliphatic rings. The first-order valence-electron chi connectivity index (χ1n) is 3.25. The first-order valence-corrected chi connectivity index (χ1v) is 4.45. The molecule has 1 aromatic carbocycles. The van der Waals surface area contributed by atoms with Crippen molar-refractivity contribution in [3.63, 3.8) is 0 Å². The Labute approximate surface area is 87.9 Å². The summed E-state index contributed by atoms with van der Waals surface area (Å²) in [7, 11) is 0. The summed E-state index contributed by atoms with van der Waals surface area (Å²) in [6, 6.07) is 2.31. The number of phenols is 1. The Balaban J connectivity index is 3.08. The van der Waals surface area contributed by atoms with Crippen molar-refractivity contribution in [3.05, 3.63) is 22.4 Å². The van der Waals surface area contributed by atoms with Gasteiger partial charge in [0.15, 0.2) is 5.11 Å². The van der Waals surface area contributed by atoms with Crippen LogP contribution in [-0.2, 0) is 0 Å². The Kier molecular flexibility index (Phi) is 3.05. The highest BCUT2D eigenvalue weighted by molar-refractivity contribution is 9.10. The Morgan fingerprint density at radius 1 is 1.62 bits per heavy atom. The number of hydrogen-bond donors (Lipinski definition) is 3. The number of thiocarbonyl (C=S) groups is 1. The molecule has 0 aliphatic heterocycles. The average molecular weight is 265 g/mol. The van der Waals surface area contributed by atoms with Crippen LogP contribution >= 0.6 is 28.1 Å². The van der Waals surface area contributed by atoms with E-state index in [1.807, 2.05) is 0 Å².